The molecule has 0 fully saturated rings. The average Bonchev–Trinajstić information content (AvgIpc) is 2.50. The number of Topliss-reactive ketones (excluding diaryl/α,β-unsaturated/α-hetero) is 1. The van der Waals surface area contributed by atoms with Crippen molar-refractivity contribution in [3.05, 3.63) is 35.4 Å². The first kappa shape index (κ1) is 15.2. The summed E-state index contributed by atoms with van der Waals surface area (Å²) in [6.45, 7) is 4.08. The second-order valence-electron chi connectivity index (χ2n) is 5.82. The van der Waals surface area contributed by atoms with Gasteiger partial charge in [0.15, 0.2) is 5.78 Å². The normalized spacial score (nSPS) is 18.6. The van der Waals surface area contributed by atoms with Crippen LogP contribution in [0.3, 0.4) is 0 Å². The Morgan fingerprint density at radius 3 is 2.65 bits per heavy atom. The minimum absolute atomic E-state index is 0.270. The first-order valence-electron chi connectivity index (χ1n) is 7.83. The third kappa shape index (κ3) is 2.80. The number of carbonyl (C=O) groups is 1. The summed E-state index contributed by atoms with van der Waals surface area (Å²) in [6, 6.07) is 8.58. The van der Waals surface area contributed by atoms with Crippen molar-refractivity contribution in [2.24, 2.45) is 0 Å². The lowest BCUT2D eigenvalue weighted by atomic mass is 9.77. The molecule has 0 spiro atoms. The van der Waals surface area contributed by atoms with Crippen LogP contribution in [0.1, 0.15) is 63.0 Å². The van der Waals surface area contributed by atoms with Crippen LogP contribution in [-0.2, 0) is 16.0 Å². The largest absolute Gasteiger partial charge is 0.370 e. The van der Waals surface area contributed by atoms with E-state index >= 15 is 0 Å². The third-order valence-electron chi connectivity index (χ3n) is 4.97. The monoisotopic (exact) mass is 274 g/mol. The fourth-order valence-corrected chi connectivity index (χ4v) is 3.52. The van der Waals surface area contributed by atoms with Crippen LogP contribution in [0.2, 0.25) is 0 Å². The van der Waals surface area contributed by atoms with E-state index in [9.17, 15) is 4.79 Å². The van der Waals surface area contributed by atoms with Crippen molar-refractivity contribution in [3.8, 4) is 0 Å². The molecule has 0 N–H and O–H groups in total. The van der Waals surface area contributed by atoms with Crippen LogP contribution in [0.25, 0.3) is 0 Å². The van der Waals surface area contributed by atoms with E-state index in [0.29, 0.717) is 12.3 Å². The maximum absolute atomic E-state index is 12.7. The van der Waals surface area contributed by atoms with Crippen LogP contribution < -0.4 is 0 Å². The standard InChI is InChI=1S/C18H26O2/c1-4-18(5-2,20-3)17(19)13-15-11-8-10-14-9-6-7-12-16(14)15/h6-7,9,12,15H,4-5,8,10-11,13H2,1-3H3. The lowest BCUT2D eigenvalue weighted by Crippen LogP contribution is -2.40. The molecule has 1 aromatic rings. The zero-order chi connectivity index (χ0) is 14.6. The molecule has 1 unspecified atom stereocenters. The SMILES string of the molecule is CCC(CC)(OC)C(=O)CC1CCCc2ccccc21. The van der Waals surface area contributed by atoms with Gasteiger partial charge in [-0.2, -0.15) is 0 Å². The Hall–Kier alpha value is -1.15. The molecular weight excluding hydrogens is 248 g/mol. The van der Waals surface area contributed by atoms with Crippen molar-refractivity contribution in [1.82, 2.24) is 0 Å². The molecule has 110 valence electrons. The first-order valence-corrected chi connectivity index (χ1v) is 7.83. The molecule has 0 bridgehead atoms. The maximum atomic E-state index is 12.7. The van der Waals surface area contributed by atoms with Gasteiger partial charge in [-0.05, 0) is 49.1 Å². The predicted molar refractivity (Wildman–Crippen MR) is 82.1 cm³/mol. The molecule has 0 saturated heterocycles. The fourth-order valence-electron chi connectivity index (χ4n) is 3.52. The third-order valence-corrected chi connectivity index (χ3v) is 4.97. The Balaban J connectivity index is 2.17. The number of hydrogen-bond acceptors (Lipinski definition) is 2. The number of fused-ring (bicyclic) bond motifs is 1. The Morgan fingerprint density at radius 1 is 1.30 bits per heavy atom. The highest BCUT2D eigenvalue weighted by Crippen LogP contribution is 2.36. The average molecular weight is 274 g/mol. The van der Waals surface area contributed by atoms with E-state index in [4.69, 9.17) is 4.74 Å². The Bertz CT molecular complexity index is 452. The summed E-state index contributed by atoms with van der Waals surface area (Å²) in [5.74, 6) is 0.645. The fraction of sp³-hybridized carbons (Fsp3) is 0.611. The van der Waals surface area contributed by atoms with Crippen LogP contribution in [0.15, 0.2) is 24.3 Å². The van der Waals surface area contributed by atoms with Crippen molar-refractivity contribution in [3.63, 3.8) is 0 Å². The molecule has 20 heavy (non-hydrogen) atoms. The van der Waals surface area contributed by atoms with Gasteiger partial charge >= 0.3 is 0 Å². The van der Waals surface area contributed by atoms with Gasteiger partial charge in [0, 0.05) is 13.5 Å². The second-order valence-corrected chi connectivity index (χ2v) is 5.82. The van der Waals surface area contributed by atoms with E-state index in [1.165, 1.54) is 17.5 Å². The number of ether oxygens (including phenoxy) is 1. The molecule has 1 aromatic carbocycles. The smallest absolute Gasteiger partial charge is 0.165 e. The van der Waals surface area contributed by atoms with Gasteiger partial charge in [-0.3, -0.25) is 4.79 Å². The molecule has 0 radical (unpaired) electrons. The zero-order valence-electron chi connectivity index (χ0n) is 12.9. The van der Waals surface area contributed by atoms with E-state index in [1.54, 1.807) is 7.11 Å². The molecule has 2 heteroatoms. The van der Waals surface area contributed by atoms with E-state index in [0.717, 1.165) is 25.7 Å². The van der Waals surface area contributed by atoms with Crippen molar-refractivity contribution in [2.45, 2.75) is 63.9 Å². The van der Waals surface area contributed by atoms with Gasteiger partial charge in [0.2, 0.25) is 0 Å². The van der Waals surface area contributed by atoms with Crippen LogP contribution in [0.5, 0.6) is 0 Å². The molecule has 2 nitrogen and oxygen atoms in total. The Kier molecular flexibility index (Phi) is 4.98. The quantitative estimate of drug-likeness (QED) is 0.774. The minimum Gasteiger partial charge on any atom is -0.370 e. The van der Waals surface area contributed by atoms with Crippen molar-refractivity contribution >= 4 is 5.78 Å². The number of aryl methyl sites for hydroxylation is 1. The van der Waals surface area contributed by atoms with Crippen molar-refractivity contribution in [1.29, 1.82) is 0 Å². The van der Waals surface area contributed by atoms with Crippen LogP contribution in [0, 0.1) is 0 Å². The van der Waals surface area contributed by atoms with Gasteiger partial charge in [0.25, 0.3) is 0 Å². The molecule has 1 aliphatic carbocycles. The number of carbonyl (C=O) groups excluding carboxylic acids is 1. The molecular formula is C18H26O2. The molecule has 0 aromatic heterocycles. The Labute approximate surface area is 122 Å². The summed E-state index contributed by atoms with van der Waals surface area (Å²) in [4.78, 5) is 12.7. The van der Waals surface area contributed by atoms with Crippen molar-refractivity contribution < 1.29 is 9.53 Å². The lowest BCUT2D eigenvalue weighted by molar-refractivity contribution is -0.142. The number of hydrogen-bond donors (Lipinski definition) is 0. The van der Waals surface area contributed by atoms with Crippen LogP contribution in [-0.4, -0.2) is 18.5 Å². The lowest BCUT2D eigenvalue weighted by Gasteiger charge is -2.32. The summed E-state index contributed by atoms with van der Waals surface area (Å²) >= 11 is 0. The molecule has 0 aliphatic heterocycles. The first-order chi connectivity index (χ1) is 9.66. The van der Waals surface area contributed by atoms with Gasteiger partial charge in [-0.25, -0.2) is 0 Å². The topological polar surface area (TPSA) is 26.3 Å². The molecule has 0 saturated carbocycles. The van der Waals surface area contributed by atoms with Gasteiger partial charge < -0.3 is 4.74 Å². The predicted octanol–water partition coefficient (Wildman–Crippen LogP) is 4.27. The van der Waals surface area contributed by atoms with Crippen LogP contribution >= 0.6 is 0 Å². The summed E-state index contributed by atoms with van der Waals surface area (Å²) < 4.78 is 5.58. The van der Waals surface area contributed by atoms with Crippen LogP contribution in [0.4, 0.5) is 0 Å². The maximum Gasteiger partial charge on any atom is 0.165 e. The molecule has 2 rings (SSSR count). The summed E-state index contributed by atoms with van der Waals surface area (Å²) in [6.07, 6.45) is 5.59. The highest BCUT2D eigenvalue weighted by atomic mass is 16.5. The van der Waals surface area contributed by atoms with Gasteiger partial charge in [-0.1, -0.05) is 38.1 Å². The highest BCUT2D eigenvalue weighted by Gasteiger charge is 2.36. The summed E-state index contributed by atoms with van der Waals surface area (Å²) in [7, 11) is 1.67. The summed E-state index contributed by atoms with van der Waals surface area (Å²) in [5, 5.41) is 0. The highest BCUT2D eigenvalue weighted by molar-refractivity contribution is 5.88. The van der Waals surface area contributed by atoms with Gasteiger partial charge in [0.1, 0.15) is 5.60 Å². The Morgan fingerprint density at radius 2 is 2.00 bits per heavy atom. The second kappa shape index (κ2) is 6.53. The number of benzene rings is 1. The number of methoxy groups -OCH3 is 1. The van der Waals surface area contributed by atoms with E-state index < -0.39 is 5.60 Å². The number of rotatable bonds is 6. The molecule has 1 atom stereocenters. The summed E-state index contributed by atoms with van der Waals surface area (Å²) in [5.41, 5.74) is 2.23. The number of ketones is 1. The minimum atomic E-state index is -0.577. The van der Waals surface area contributed by atoms with E-state index in [-0.39, 0.29) is 5.78 Å². The molecule has 0 amide bonds. The van der Waals surface area contributed by atoms with E-state index in [2.05, 4.69) is 24.3 Å². The molecule has 0 heterocycles. The van der Waals surface area contributed by atoms with Gasteiger partial charge in [0.05, 0.1) is 0 Å². The van der Waals surface area contributed by atoms with Gasteiger partial charge in [-0.15, -0.1) is 0 Å². The zero-order valence-corrected chi connectivity index (χ0v) is 12.9. The van der Waals surface area contributed by atoms with E-state index in [1.807, 2.05) is 13.8 Å². The molecule has 1 aliphatic rings. The van der Waals surface area contributed by atoms with Crippen molar-refractivity contribution in [2.75, 3.05) is 7.11 Å².